The number of carbonyl (C=O) groups excluding carboxylic acids is 1. The van der Waals surface area contributed by atoms with Gasteiger partial charge in [-0.3, -0.25) is 4.79 Å². The standard InChI is InChI=1S/C17H21N3O/c1-11(2)19-16-15(6-5-7-18-16)17(21)20-14-9-12(3)8-13(4)10-14/h5-11H,1-4H3,(H,18,19)(H,20,21). The van der Waals surface area contributed by atoms with E-state index in [2.05, 4.69) is 21.7 Å². The molecule has 1 heterocycles. The molecule has 2 N–H and O–H groups in total. The van der Waals surface area contributed by atoms with Gasteiger partial charge in [-0.25, -0.2) is 4.98 Å². The molecular weight excluding hydrogens is 262 g/mol. The van der Waals surface area contributed by atoms with Crippen molar-refractivity contribution in [1.29, 1.82) is 0 Å². The van der Waals surface area contributed by atoms with Crippen LogP contribution in [0.4, 0.5) is 11.5 Å². The normalized spacial score (nSPS) is 10.5. The molecule has 0 saturated heterocycles. The van der Waals surface area contributed by atoms with Crippen LogP contribution in [0.1, 0.15) is 35.3 Å². The van der Waals surface area contributed by atoms with E-state index in [1.165, 1.54) is 0 Å². The summed E-state index contributed by atoms with van der Waals surface area (Å²) in [6.07, 6.45) is 1.68. The minimum atomic E-state index is -0.156. The van der Waals surface area contributed by atoms with Gasteiger partial charge in [0, 0.05) is 17.9 Å². The van der Waals surface area contributed by atoms with E-state index in [9.17, 15) is 4.79 Å². The van der Waals surface area contributed by atoms with Crippen molar-refractivity contribution in [3.8, 4) is 0 Å². The SMILES string of the molecule is Cc1cc(C)cc(NC(=O)c2cccnc2NC(C)C)c1. The smallest absolute Gasteiger partial charge is 0.259 e. The van der Waals surface area contributed by atoms with E-state index in [4.69, 9.17) is 0 Å². The Morgan fingerprint density at radius 3 is 2.43 bits per heavy atom. The van der Waals surface area contributed by atoms with Gasteiger partial charge in [-0.15, -0.1) is 0 Å². The summed E-state index contributed by atoms with van der Waals surface area (Å²) in [7, 11) is 0. The molecule has 0 bridgehead atoms. The number of aryl methyl sites for hydroxylation is 2. The number of anilines is 2. The van der Waals surface area contributed by atoms with Gasteiger partial charge in [0.1, 0.15) is 5.82 Å². The summed E-state index contributed by atoms with van der Waals surface area (Å²) in [6, 6.07) is 9.74. The van der Waals surface area contributed by atoms with Crippen LogP contribution in [0, 0.1) is 13.8 Å². The Balaban J connectivity index is 2.24. The molecule has 0 spiro atoms. The number of pyridine rings is 1. The second-order valence-corrected chi connectivity index (χ2v) is 5.53. The molecule has 2 rings (SSSR count). The molecule has 0 aliphatic carbocycles. The molecule has 0 saturated carbocycles. The Kier molecular flexibility index (Phi) is 4.58. The number of rotatable bonds is 4. The molecule has 0 aliphatic rings. The van der Waals surface area contributed by atoms with Gasteiger partial charge in [-0.1, -0.05) is 6.07 Å². The van der Waals surface area contributed by atoms with Gasteiger partial charge in [-0.2, -0.15) is 0 Å². The van der Waals surface area contributed by atoms with E-state index in [-0.39, 0.29) is 11.9 Å². The largest absolute Gasteiger partial charge is 0.367 e. The lowest BCUT2D eigenvalue weighted by Gasteiger charge is -2.13. The number of hydrogen-bond acceptors (Lipinski definition) is 3. The Labute approximate surface area is 125 Å². The molecule has 4 heteroatoms. The number of nitrogens with one attached hydrogen (secondary N) is 2. The van der Waals surface area contributed by atoms with E-state index in [1.54, 1.807) is 18.3 Å². The van der Waals surface area contributed by atoms with E-state index in [1.807, 2.05) is 39.8 Å². The third-order valence-corrected chi connectivity index (χ3v) is 2.96. The van der Waals surface area contributed by atoms with E-state index in [0.29, 0.717) is 11.4 Å². The zero-order valence-corrected chi connectivity index (χ0v) is 12.9. The van der Waals surface area contributed by atoms with Gasteiger partial charge in [-0.05, 0) is 63.1 Å². The average Bonchev–Trinajstić information content (AvgIpc) is 2.37. The van der Waals surface area contributed by atoms with Crippen LogP contribution in [-0.2, 0) is 0 Å². The van der Waals surface area contributed by atoms with Gasteiger partial charge in [0.15, 0.2) is 0 Å². The maximum Gasteiger partial charge on any atom is 0.259 e. The second-order valence-electron chi connectivity index (χ2n) is 5.53. The summed E-state index contributed by atoms with van der Waals surface area (Å²) >= 11 is 0. The van der Waals surface area contributed by atoms with Crippen molar-refractivity contribution in [2.45, 2.75) is 33.7 Å². The van der Waals surface area contributed by atoms with Crippen LogP contribution in [0.2, 0.25) is 0 Å². The lowest BCUT2D eigenvalue weighted by Crippen LogP contribution is -2.18. The Hall–Kier alpha value is -2.36. The fourth-order valence-corrected chi connectivity index (χ4v) is 2.22. The van der Waals surface area contributed by atoms with Crippen molar-refractivity contribution in [2.24, 2.45) is 0 Å². The summed E-state index contributed by atoms with van der Waals surface area (Å²) in [4.78, 5) is 16.7. The summed E-state index contributed by atoms with van der Waals surface area (Å²) in [5.41, 5.74) is 3.59. The highest BCUT2D eigenvalue weighted by Gasteiger charge is 2.13. The first-order valence-corrected chi connectivity index (χ1v) is 7.07. The first-order valence-electron chi connectivity index (χ1n) is 7.07. The summed E-state index contributed by atoms with van der Waals surface area (Å²) in [6.45, 7) is 8.05. The monoisotopic (exact) mass is 283 g/mol. The predicted octanol–water partition coefficient (Wildman–Crippen LogP) is 3.77. The molecule has 110 valence electrons. The number of nitrogens with zero attached hydrogens (tertiary/aromatic N) is 1. The average molecular weight is 283 g/mol. The zero-order valence-electron chi connectivity index (χ0n) is 12.9. The molecule has 0 atom stereocenters. The Morgan fingerprint density at radius 1 is 1.14 bits per heavy atom. The van der Waals surface area contributed by atoms with Crippen molar-refractivity contribution >= 4 is 17.4 Å². The van der Waals surface area contributed by atoms with Gasteiger partial charge < -0.3 is 10.6 Å². The summed E-state index contributed by atoms with van der Waals surface area (Å²) < 4.78 is 0. The van der Waals surface area contributed by atoms with Crippen LogP contribution in [-0.4, -0.2) is 16.9 Å². The molecule has 1 aromatic heterocycles. The minimum absolute atomic E-state index is 0.156. The third kappa shape index (κ3) is 4.05. The van der Waals surface area contributed by atoms with Gasteiger partial charge in [0.25, 0.3) is 5.91 Å². The Morgan fingerprint density at radius 2 is 1.81 bits per heavy atom. The number of carbonyl (C=O) groups is 1. The van der Waals surface area contributed by atoms with Crippen LogP contribution >= 0.6 is 0 Å². The highest BCUT2D eigenvalue weighted by molar-refractivity contribution is 6.07. The maximum absolute atomic E-state index is 12.4. The van der Waals surface area contributed by atoms with Crippen molar-refractivity contribution in [1.82, 2.24) is 4.98 Å². The molecule has 1 amide bonds. The molecule has 0 fully saturated rings. The summed E-state index contributed by atoms with van der Waals surface area (Å²) in [5.74, 6) is 0.450. The molecule has 21 heavy (non-hydrogen) atoms. The van der Waals surface area contributed by atoms with Crippen LogP contribution in [0.5, 0.6) is 0 Å². The third-order valence-electron chi connectivity index (χ3n) is 2.96. The minimum Gasteiger partial charge on any atom is -0.367 e. The number of benzene rings is 1. The second kappa shape index (κ2) is 6.39. The van der Waals surface area contributed by atoms with Crippen molar-refractivity contribution in [3.63, 3.8) is 0 Å². The van der Waals surface area contributed by atoms with Crippen LogP contribution in [0.3, 0.4) is 0 Å². The van der Waals surface area contributed by atoms with Crippen LogP contribution < -0.4 is 10.6 Å². The fourth-order valence-electron chi connectivity index (χ4n) is 2.22. The number of amides is 1. The number of hydrogen-bond donors (Lipinski definition) is 2. The van der Waals surface area contributed by atoms with Gasteiger partial charge in [0.2, 0.25) is 0 Å². The van der Waals surface area contributed by atoms with Crippen LogP contribution in [0.15, 0.2) is 36.5 Å². The lowest BCUT2D eigenvalue weighted by molar-refractivity contribution is 0.102. The van der Waals surface area contributed by atoms with E-state index in [0.717, 1.165) is 16.8 Å². The van der Waals surface area contributed by atoms with Gasteiger partial charge in [0.05, 0.1) is 5.56 Å². The van der Waals surface area contributed by atoms with Gasteiger partial charge >= 0.3 is 0 Å². The fraction of sp³-hybridized carbons (Fsp3) is 0.294. The summed E-state index contributed by atoms with van der Waals surface area (Å²) in [5, 5.41) is 6.13. The first-order chi connectivity index (χ1) is 9.95. The highest BCUT2D eigenvalue weighted by Crippen LogP contribution is 2.18. The van der Waals surface area contributed by atoms with Crippen molar-refractivity contribution in [2.75, 3.05) is 10.6 Å². The molecule has 2 aromatic rings. The molecular formula is C17H21N3O. The highest BCUT2D eigenvalue weighted by atomic mass is 16.1. The lowest BCUT2D eigenvalue weighted by atomic mass is 10.1. The topological polar surface area (TPSA) is 54.0 Å². The van der Waals surface area contributed by atoms with E-state index >= 15 is 0 Å². The molecule has 0 unspecified atom stereocenters. The molecule has 0 aliphatic heterocycles. The molecule has 4 nitrogen and oxygen atoms in total. The molecule has 0 radical (unpaired) electrons. The van der Waals surface area contributed by atoms with Crippen molar-refractivity contribution in [3.05, 3.63) is 53.2 Å². The van der Waals surface area contributed by atoms with Crippen LogP contribution in [0.25, 0.3) is 0 Å². The first kappa shape index (κ1) is 15.0. The molecule has 1 aromatic carbocycles. The quantitative estimate of drug-likeness (QED) is 0.898. The Bertz CT molecular complexity index is 630. The van der Waals surface area contributed by atoms with Crippen molar-refractivity contribution < 1.29 is 4.79 Å². The zero-order chi connectivity index (χ0) is 15.4. The number of aromatic nitrogens is 1. The predicted molar refractivity (Wildman–Crippen MR) is 86.9 cm³/mol. The maximum atomic E-state index is 12.4. The van der Waals surface area contributed by atoms with E-state index < -0.39 is 0 Å².